The summed E-state index contributed by atoms with van der Waals surface area (Å²) in [5.41, 5.74) is -2.19. The fraction of sp³-hybridized carbons (Fsp3) is 0.317. The molecule has 0 unspecified atom stereocenters. The Morgan fingerprint density at radius 3 is 2.04 bits per heavy atom. The predicted molar refractivity (Wildman–Crippen MR) is 202 cm³/mol. The summed E-state index contributed by atoms with van der Waals surface area (Å²) in [7, 11) is -3.25. The van der Waals surface area contributed by atoms with Crippen LogP contribution < -0.4 is 21.6 Å². The summed E-state index contributed by atoms with van der Waals surface area (Å²) in [4.78, 5) is 53.1. The summed E-state index contributed by atoms with van der Waals surface area (Å²) in [6, 6.07) is 34.9. The van der Waals surface area contributed by atoms with Crippen molar-refractivity contribution in [1.29, 1.82) is 0 Å². The third-order valence-electron chi connectivity index (χ3n) is 9.65. The average Bonchev–Trinajstić information content (AvgIpc) is 3.42. The number of nitrogens with zero attached hydrogens (tertiary/aromatic N) is 1. The van der Waals surface area contributed by atoms with Crippen LogP contribution in [0.25, 0.3) is 10.8 Å². The quantitative estimate of drug-likeness (QED) is 0.144. The van der Waals surface area contributed by atoms with Crippen molar-refractivity contribution in [3.05, 3.63) is 142 Å². The van der Waals surface area contributed by atoms with Crippen molar-refractivity contribution in [3.8, 4) is 0 Å². The van der Waals surface area contributed by atoms with Crippen molar-refractivity contribution in [1.82, 2.24) is 9.55 Å². The van der Waals surface area contributed by atoms with E-state index >= 15 is 0 Å². The molecule has 0 saturated carbocycles. The van der Waals surface area contributed by atoms with Crippen LogP contribution in [0.3, 0.4) is 0 Å². The second-order valence-corrected chi connectivity index (χ2v) is 18.6. The minimum absolute atomic E-state index is 0.0431. The van der Waals surface area contributed by atoms with Crippen LogP contribution in [-0.4, -0.2) is 60.8 Å². The SMILES string of the molecule is CC(=O)OC[C@]1(CO[Si](c2ccccc2)(c2ccccc2)C(C)(C)C)O[C@@H](n2ccc(=O)[nH]c2=O)[C@H](OC(C)=O)[C@@H]1OCc1cccc2ccccc12. The number of hydrogen-bond acceptors (Lipinski definition) is 9. The number of benzene rings is 4. The third kappa shape index (κ3) is 7.67. The Labute approximate surface area is 308 Å². The van der Waals surface area contributed by atoms with Crippen LogP contribution in [-0.2, 0) is 39.6 Å². The van der Waals surface area contributed by atoms with Gasteiger partial charge in [0.1, 0.15) is 12.7 Å². The van der Waals surface area contributed by atoms with E-state index in [-0.39, 0.29) is 19.8 Å². The molecule has 276 valence electrons. The highest BCUT2D eigenvalue weighted by molar-refractivity contribution is 6.99. The first-order valence-electron chi connectivity index (χ1n) is 17.5. The van der Waals surface area contributed by atoms with E-state index < -0.39 is 60.6 Å². The predicted octanol–water partition coefficient (Wildman–Crippen LogP) is 4.61. The highest BCUT2D eigenvalue weighted by Gasteiger charge is 2.62. The molecule has 0 aliphatic carbocycles. The van der Waals surface area contributed by atoms with Gasteiger partial charge in [-0.1, -0.05) is 124 Å². The maximum Gasteiger partial charge on any atom is 0.330 e. The first-order chi connectivity index (χ1) is 25.3. The van der Waals surface area contributed by atoms with Crippen LogP contribution in [0.2, 0.25) is 5.04 Å². The largest absolute Gasteiger partial charge is 0.463 e. The van der Waals surface area contributed by atoms with Gasteiger partial charge in [-0.05, 0) is 31.7 Å². The van der Waals surface area contributed by atoms with Gasteiger partial charge in [0, 0.05) is 26.1 Å². The number of nitrogens with one attached hydrogen (secondary N) is 1. The molecule has 1 aliphatic heterocycles. The molecule has 1 saturated heterocycles. The molecule has 1 N–H and O–H groups in total. The minimum Gasteiger partial charge on any atom is -0.463 e. The van der Waals surface area contributed by atoms with Crippen LogP contribution in [0.1, 0.15) is 46.4 Å². The number of rotatable bonds is 12. The molecule has 1 fully saturated rings. The van der Waals surface area contributed by atoms with Gasteiger partial charge in [-0.25, -0.2) is 4.79 Å². The zero-order chi connectivity index (χ0) is 37.8. The van der Waals surface area contributed by atoms with Crippen LogP contribution in [0, 0.1) is 0 Å². The monoisotopic (exact) mass is 736 g/mol. The molecule has 0 bridgehead atoms. The number of aromatic nitrogens is 2. The third-order valence-corrected chi connectivity index (χ3v) is 14.6. The number of H-pyrrole nitrogens is 1. The topological polar surface area (TPSA) is 135 Å². The van der Waals surface area contributed by atoms with E-state index in [2.05, 4.69) is 50.0 Å². The molecule has 53 heavy (non-hydrogen) atoms. The molecule has 11 nitrogen and oxygen atoms in total. The summed E-state index contributed by atoms with van der Waals surface area (Å²) in [5, 5.41) is 3.52. The molecule has 6 rings (SSSR count). The first kappa shape index (κ1) is 37.6. The fourth-order valence-electron chi connectivity index (χ4n) is 7.31. The summed E-state index contributed by atoms with van der Waals surface area (Å²) in [5.74, 6) is -1.24. The molecule has 12 heteroatoms. The van der Waals surface area contributed by atoms with E-state index in [4.69, 9.17) is 23.4 Å². The van der Waals surface area contributed by atoms with E-state index in [1.165, 1.54) is 26.1 Å². The highest BCUT2D eigenvalue weighted by atomic mass is 28.4. The Bertz CT molecular complexity index is 2140. The molecule has 1 aliphatic rings. The lowest BCUT2D eigenvalue weighted by atomic mass is 9.96. The highest BCUT2D eigenvalue weighted by Crippen LogP contribution is 2.44. The molecular weight excluding hydrogens is 693 g/mol. The molecule has 0 spiro atoms. The standard InChI is InChI=1S/C41H44N2O9Si/c1-28(44)49-26-41(27-50-53(40(3,4)5,32-18-8-6-9-19-32)33-20-10-7-11-21-33)37(48-25-31-17-14-16-30-15-12-13-22-34(30)31)36(51-29(2)45)38(52-41)43-24-23-35(46)42-39(43)47/h6-24,36-38H,25-27H2,1-5H3,(H,42,46,47)/t36-,37+,38-,41-/m1/s1. The van der Waals surface area contributed by atoms with Crippen molar-refractivity contribution >= 4 is 41.4 Å². The Morgan fingerprint density at radius 2 is 1.43 bits per heavy atom. The van der Waals surface area contributed by atoms with Crippen molar-refractivity contribution in [2.24, 2.45) is 0 Å². The lowest BCUT2D eigenvalue weighted by Crippen LogP contribution is -2.68. The van der Waals surface area contributed by atoms with Crippen molar-refractivity contribution in [3.63, 3.8) is 0 Å². The molecule has 4 aromatic carbocycles. The van der Waals surface area contributed by atoms with Crippen molar-refractivity contribution in [2.75, 3.05) is 13.2 Å². The van der Waals surface area contributed by atoms with E-state index in [0.29, 0.717) is 0 Å². The molecule has 0 amide bonds. The van der Waals surface area contributed by atoms with E-state index in [9.17, 15) is 19.2 Å². The van der Waals surface area contributed by atoms with Gasteiger partial charge in [0.2, 0.25) is 0 Å². The fourth-order valence-corrected chi connectivity index (χ4v) is 11.9. The number of aromatic amines is 1. The Morgan fingerprint density at radius 1 is 0.811 bits per heavy atom. The normalized spacial score (nSPS) is 20.3. The number of hydrogen-bond donors (Lipinski definition) is 1. The first-order valence-corrected chi connectivity index (χ1v) is 19.4. The molecular formula is C41H44N2O9Si. The summed E-state index contributed by atoms with van der Waals surface area (Å²) >= 11 is 0. The summed E-state index contributed by atoms with van der Waals surface area (Å²) in [6.07, 6.45) is -2.43. The van der Waals surface area contributed by atoms with Crippen LogP contribution >= 0.6 is 0 Å². The number of fused-ring (bicyclic) bond motifs is 1. The number of carbonyl (C=O) groups excluding carboxylic acids is 2. The van der Waals surface area contributed by atoms with E-state index in [1.807, 2.05) is 78.9 Å². The van der Waals surface area contributed by atoms with Crippen LogP contribution in [0.4, 0.5) is 0 Å². The summed E-state index contributed by atoms with van der Waals surface area (Å²) < 4.78 is 33.9. The van der Waals surface area contributed by atoms with Gasteiger partial charge in [0.15, 0.2) is 17.9 Å². The van der Waals surface area contributed by atoms with E-state index in [0.717, 1.165) is 31.3 Å². The van der Waals surface area contributed by atoms with Gasteiger partial charge in [0.25, 0.3) is 13.9 Å². The van der Waals surface area contributed by atoms with Crippen LogP contribution in [0.5, 0.6) is 0 Å². The van der Waals surface area contributed by atoms with E-state index in [1.54, 1.807) is 0 Å². The average molecular weight is 737 g/mol. The number of carbonyl (C=O) groups is 2. The smallest absolute Gasteiger partial charge is 0.330 e. The van der Waals surface area contributed by atoms with Gasteiger partial charge in [-0.3, -0.25) is 23.9 Å². The van der Waals surface area contributed by atoms with Gasteiger partial charge < -0.3 is 23.4 Å². The second kappa shape index (κ2) is 15.5. The summed E-state index contributed by atoms with van der Waals surface area (Å²) in [6.45, 7) is 8.41. The Balaban J connectivity index is 1.53. The molecule has 1 aromatic heterocycles. The van der Waals surface area contributed by atoms with Crippen molar-refractivity contribution in [2.45, 2.75) is 70.3 Å². The van der Waals surface area contributed by atoms with Gasteiger partial charge in [-0.2, -0.15) is 0 Å². The van der Waals surface area contributed by atoms with Gasteiger partial charge >= 0.3 is 17.6 Å². The second-order valence-electron chi connectivity index (χ2n) is 14.3. The zero-order valence-corrected chi connectivity index (χ0v) is 31.4. The van der Waals surface area contributed by atoms with Crippen molar-refractivity contribution < 1.29 is 33.0 Å². The lowest BCUT2D eigenvalue weighted by molar-refractivity contribution is -0.180. The molecule has 0 radical (unpaired) electrons. The molecule has 2 heterocycles. The number of ether oxygens (including phenoxy) is 4. The van der Waals surface area contributed by atoms with Gasteiger partial charge in [-0.15, -0.1) is 0 Å². The minimum atomic E-state index is -3.25. The Kier molecular flexibility index (Phi) is 11.0. The molecule has 5 aromatic rings. The number of esters is 2. The maximum atomic E-state index is 13.3. The van der Waals surface area contributed by atoms with Crippen LogP contribution in [0.15, 0.2) is 125 Å². The maximum absolute atomic E-state index is 13.3. The lowest BCUT2D eigenvalue weighted by Gasteiger charge is -2.45. The Hall–Kier alpha value is -5.14. The van der Waals surface area contributed by atoms with Gasteiger partial charge in [0.05, 0.1) is 13.2 Å². The molecule has 4 atom stereocenters. The zero-order valence-electron chi connectivity index (χ0n) is 30.4.